The van der Waals surface area contributed by atoms with Gasteiger partial charge in [-0.3, -0.25) is 4.90 Å². The van der Waals surface area contributed by atoms with Crippen LogP contribution in [0.2, 0.25) is 0 Å². The molecule has 0 spiro atoms. The first-order valence-corrected chi connectivity index (χ1v) is 6.43. The number of nitrogens with two attached hydrogens (primary N) is 1. The highest BCUT2D eigenvalue weighted by Gasteiger charge is 2.36. The molecule has 0 saturated carbocycles. The molecule has 114 valence electrons. The second-order valence-corrected chi connectivity index (χ2v) is 5.31. The van der Waals surface area contributed by atoms with Crippen LogP contribution in [0.4, 0.5) is 17.6 Å². The fraction of sp³-hybridized carbons (Fsp3) is 0.571. The number of alkyl halides is 3. The van der Waals surface area contributed by atoms with E-state index < -0.39 is 23.6 Å². The molecule has 0 aliphatic carbocycles. The molecular weight excluding hydrogens is 272 g/mol. The SMILES string of the molecule is CC(C)CN(C)C(CN)c1ccc(F)cc1C(F)(F)F. The summed E-state index contributed by atoms with van der Waals surface area (Å²) >= 11 is 0. The van der Waals surface area contributed by atoms with Crippen LogP contribution in [0.3, 0.4) is 0 Å². The van der Waals surface area contributed by atoms with Gasteiger partial charge in [-0.2, -0.15) is 13.2 Å². The minimum absolute atomic E-state index is 0.0181. The minimum Gasteiger partial charge on any atom is -0.329 e. The van der Waals surface area contributed by atoms with Crippen molar-refractivity contribution >= 4 is 0 Å². The summed E-state index contributed by atoms with van der Waals surface area (Å²) in [5, 5.41) is 0. The molecule has 0 saturated heterocycles. The van der Waals surface area contributed by atoms with E-state index in [-0.39, 0.29) is 12.1 Å². The molecule has 0 aromatic heterocycles. The molecule has 1 unspecified atom stereocenters. The third-order valence-electron chi connectivity index (χ3n) is 3.09. The zero-order valence-electron chi connectivity index (χ0n) is 11.8. The molecular formula is C14H20F4N2. The zero-order chi connectivity index (χ0) is 15.5. The monoisotopic (exact) mass is 292 g/mol. The summed E-state index contributed by atoms with van der Waals surface area (Å²) in [5.74, 6) is -0.604. The van der Waals surface area contributed by atoms with E-state index in [2.05, 4.69) is 0 Å². The van der Waals surface area contributed by atoms with Crippen molar-refractivity contribution in [1.82, 2.24) is 4.90 Å². The Kier molecular flexibility index (Phi) is 5.53. The van der Waals surface area contributed by atoms with Crippen LogP contribution in [-0.2, 0) is 6.18 Å². The molecule has 1 aromatic carbocycles. The van der Waals surface area contributed by atoms with E-state index in [1.54, 1.807) is 11.9 Å². The Morgan fingerprint density at radius 1 is 1.25 bits per heavy atom. The maximum absolute atomic E-state index is 13.1. The molecule has 0 bridgehead atoms. The fourth-order valence-electron chi connectivity index (χ4n) is 2.31. The van der Waals surface area contributed by atoms with E-state index in [1.807, 2.05) is 13.8 Å². The summed E-state index contributed by atoms with van der Waals surface area (Å²) in [6.45, 7) is 4.59. The van der Waals surface area contributed by atoms with Crippen molar-refractivity contribution in [3.8, 4) is 0 Å². The summed E-state index contributed by atoms with van der Waals surface area (Å²) in [7, 11) is 1.72. The van der Waals surface area contributed by atoms with Gasteiger partial charge in [0.2, 0.25) is 0 Å². The van der Waals surface area contributed by atoms with Gasteiger partial charge in [-0.15, -0.1) is 0 Å². The normalized spacial score (nSPS) is 14.1. The van der Waals surface area contributed by atoms with Gasteiger partial charge in [-0.05, 0) is 30.7 Å². The lowest BCUT2D eigenvalue weighted by Gasteiger charge is -2.30. The molecule has 0 heterocycles. The van der Waals surface area contributed by atoms with Gasteiger partial charge in [0.1, 0.15) is 5.82 Å². The van der Waals surface area contributed by atoms with Crippen molar-refractivity contribution in [2.24, 2.45) is 11.7 Å². The summed E-state index contributed by atoms with van der Waals surface area (Å²) < 4.78 is 52.2. The first kappa shape index (κ1) is 16.9. The first-order valence-electron chi connectivity index (χ1n) is 6.43. The van der Waals surface area contributed by atoms with Crippen LogP contribution < -0.4 is 5.73 Å². The van der Waals surface area contributed by atoms with Crippen LogP contribution in [0.5, 0.6) is 0 Å². The fourth-order valence-corrected chi connectivity index (χ4v) is 2.31. The largest absolute Gasteiger partial charge is 0.416 e. The molecule has 2 nitrogen and oxygen atoms in total. The number of rotatable bonds is 5. The summed E-state index contributed by atoms with van der Waals surface area (Å²) in [4.78, 5) is 1.77. The Morgan fingerprint density at radius 2 is 1.85 bits per heavy atom. The van der Waals surface area contributed by atoms with E-state index in [4.69, 9.17) is 5.73 Å². The van der Waals surface area contributed by atoms with Crippen molar-refractivity contribution in [2.75, 3.05) is 20.1 Å². The summed E-state index contributed by atoms with van der Waals surface area (Å²) in [5.41, 5.74) is 4.69. The highest BCUT2D eigenvalue weighted by molar-refractivity contribution is 5.33. The van der Waals surface area contributed by atoms with Crippen LogP contribution in [0.15, 0.2) is 18.2 Å². The van der Waals surface area contributed by atoms with E-state index >= 15 is 0 Å². The smallest absolute Gasteiger partial charge is 0.329 e. The lowest BCUT2D eigenvalue weighted by molar-refractivity contribution is -0.138. The Morgan fingerprint density at radius 3 is 2.30 bits per heavy atom. The lowest BCUT2D eigenvalue weighted by Crippen LogP contribution is -2.34. The molecule has 20 heavy (non-hydrogen) atoms. The minimum atomic E-state index is -4.59. The van der Waals surface area contributed by atoms with Gasteiger partial charge in [0.05, 0.1) is 5.56 Å². The highest BCUT2D eigenvalue weighted by Crippen LogP contribution is 2.36. The van der Waals surface area contributed by atoms with Gasteiger partial charge in [-0.1, -0.05) is 19.9 Å². The van der Waals surface area contributed by atoms with Gasteiger partial charge < -0.3 is 5.73 Å². The second kappa shape index (κ2) is 6.54. The molecule has 0 radical (unpaired) electrons. The molecule has 0 aliphatic heterocycles. The van der Waals surface area contributed by atoms with E-state index in [0.717, 1.165) is 6.07 Å². The van der Waals surface area contributed by atoms with E-state index in [1.165, 1.54) is 6.07 Å². The number of hydrogen-bond donors (Lipinski definition) is 1. The maximum atomic E-state index is 13.1. The van der Waals surface area contributed by atoms with Crippen LogP contribution in [0, 0.1) is 11.7 Å². The predicted octanol–water partition coefficient (Wildman–Crippen LogP) is 3.43. The molecule has 1 rings (SSSR count). The van der Waals surface area contributed by atoms with Crippen LogP contribution in [0.1, 0.15) is 31.0 Å². The third-order valence-corrected chi connectivity index (χ3v) is 3.09. The average molecular weight is 292 g/mol. The molecule has 1 atom stereocenters. The van der Waals surface area contributed by atoms with Crippen LogP contribution in [-0.4, -0.2) is 25.0 Å². The highest BCUT2D eigenvalue weighted by atomic mass is 19.4. The standard InChI is InChI=1S/C14H20F4N2/c1-9(2)8-20(3)13(7-19)11-5-4-10(15)6-12(11)14(16,17)18/h4-6,9,13H,7-8,19H2,1-3H3. The zero-order valence-corrected chi connectivity index (χ0v) is 11.8. The molecule has 1 aromatic rings. The Labute approximate surface area is 116 Å². The summed E-state index contributed by atoms with van der Waals surface area (Å²) in [6, 6.07) is 2.15. The van der Waals surface area contributed by atoms with E-state index in [9.17, 15) is 17.6 Å². The second-order valence-electron chi connectivity index (χ2n) is 5.31. The molecule has 0 aliphatic rings. The first-order chi connectivity index (χ1) is 9.16. The number of halogens is 4. The molecule has 0 fully saturated rings. The maximum Gasteiger partial charge on any atom is 0.416 e. The summed E-state index contributed by atoms with van der Waals surface area (Å²) in [6.07, 6.45) is -4.59. The third kappa shape index (κ3) is 4.18. The predicted molar refractivity (Wildman–Crippen MR) is 70.7 cm³/mol. The average Bonchev–Trinajstić information content (AvgIpc) is 2.29. The number of benzene rings is 1. The Bertz CT molecular complexity index is 443. The van der Waals surface area contributed by atoms with Gasteiger partial charge >= 0.3 is 6.18 Å². The number of likely N-dealkylation sites (N-methyl/N-ethyl adjacent to an activating group) is 1. The van der Waals surface area contributed by atoms with Crippen molar-refractivity contribution in [2.45, 2.75) is 26.1 Å². The van der Waals surface area contributed by atoms with Crippen molar-refractivity contribution < 1.29 is 17.6 Å². The number of nitrogens with zero attached hydrogens (tertiary/aromatic N) is 1. The topological polar surface area (TPSA) is 29.3 Å². The van der Waals surface area contributed by atoms with Crippen molar-refractivity contribution in [3.05, 3.63) is 35.1 Å². The van der Waals surface area contributed by atoms with Gasteiger partial charge in [0, 0.05) is 19.1 Å². The number of hydrogen-bond acceptors (Lipinski definition) is 2. The van der Waals surface area contributed by atoms with Gasteiger partial charge in [-0.25, -0.2) is 4.39 Å². The molecule has 2 N–H and O–H groups in total. The van der Waals surface area contributed by atoms with Gasteiger partial charge in [0.25, 0.3) is 0 Å². The van der Waals surface area contributed by atoms with Crippen LogP contribution in [0.25, 0.3) is 0 Å². The Balaban J connectivity index is 3.21. The quantitative estimate of drug-likeness (QED) is 0.842. The molecule has 6 heteroatoms. The Hall–Kier alpha value is -1.14. The van der Waals surface area contributed by atoms with Gasteiger partial charge in [0.15, 0.2) is 0 Å². The van der Waals surface area contributed by atoms with Crippen molar-refractivity contribution in [3.63, 3.8) is 0 Å². The lowest BCUT2D eigenvalue weighted by atomic mass is 9.98. The van der Waals surface area contributed by atoms with Crippen molar-refractivity contribution in [1.29, 1.82) is 0 Å². The van der Waals surface area contributed by atoms with E-state index in [0.29, 0.717) is 18.5 Å². The molecule has 0 amide bonds. The van der Waals surface area contributed by atoms with Crippen LogP contribution >= 0.6 is 0 Å².